The first-order valence-corrected chi connectivity index (χ1v) is 11.0. The molecule has 4 aromatic rings. The molecule has 32 heavy (non-hydrogen) atoms. The zero-order valence-corrected chi connectivity index (χ0v) is 18.1. The molecular formula is C28H26N2O2. The Bertz CT molecular complexity index is 1240. The number of carbonyl (C=O) groups is 1. The van der Waals surface area contributed by atoms with E-state index < -0.39 is 5.60 Å². The smallest absolute Gasteiger partial charge is 0.264 e. The van der Waals surface area contributed by atoms with Crippen LogP contribution in [0.2, 0.25) is 0 Å². The zero-order valence-electron chi connectivity index (χ0n) is 18.1. The van der Waals surface area contributed by atoms with Crippen LogP contribution in [0.4, 0.5) is 5.69 Å². The average molecular weight is 423 g/mol. The average Bonchev–Trinajstić information content (AvgIpc) is 3.43. The van der Waals surface area contributed by atoms with Gasteiger partial charge in [-0.25, -0.2) is 0 Å². The van der Waals surface area contributed by atoms with Gasteiger partial charge in [-0.15, -0.1) is 0 Å². The summed E-state index contributed by atoms with van der Waals surface area (Å²) >= 11 is 0. The van der Waals surface area contributed by atoms with E-state index in [9.17, 15) is 9.90 Å². The Hall–Kier alpha value is -3.63. The lowest BCUT2D eigenvalue weighted by atomic mass is 9.89. The number of para-hydroxylation sites is 1. The third-order valence-electron chi connectivity index (χ3n) is 6.29. The van der Waals surface area contributed by atoms with Gasteiger partial charge in [0.05, 0.1) is 12.2 Å². The summed E-state index contributed by atoms with van der Waals surface area (Å²) in [7, 11) is 0. The number of anilines is 1. The molecule has 3 aromatic carbocycles. The quantitative estimate of drug-likeness (QED) is 0.467. The third kappa shape index (κ3) is 3.63. The maximum absolute atomic E-state index is 13.5. The van der Waals surface area contributed by atoms with Crippen LogP contribution in [0.3, 0.4) is 0 Å². The van der Waals surface area contributed by atoms with Crippen LogP contribution in [0.15, 0.2) is 97.3 Å². The Morgan fingerprint density at radius 1 is 0.844 bits per heavy atom. The van der Waals surface area contributed by atoms with E-state index in [2.05, 4.69) is 16.7 Å². The highest BCUT2D eigenvalue weighted by atomic mass is 16.3. The number of hydrogen-bond donors (Lipinski definition) is 1. The molecule has 0 saturated heterocycles. The van der Waals surface area contributed by atoms with E-state index in [1.807, 2.05) is 92.1 Å². The number of nitrogens with zero attached hydrogens (tertiary/aromatic N) is 2. The van der Waals surface area contributed by atoms with Crippen LogP contribution in [0, 0.1) is 6.92 Å². The highest BCUT2D eigenvalue weighted by Gasteiger charge is 2.49. The van der Waals surface area contributed by atoms with Crippen LogP contribution >= 0.6 is 0 Å². The predicted molar refractivity (Wildman–Crippen MR) is 127 cm³/mol. The fraction of sp³-hybridized carbons (Fsp3) is 0.179. The highest BCUT2D eigenvalue weighted by molar-refractivity contribution is 6.06. The van der Waals surface area contributed by atoms with E-state index in [1.54, 1.807) is 4.90 Å². The molecule has 1 aliphatic rings. The van der Waals surface area contributed by atoms with Gasteiger partial charge in [-0.1, -0.05) is 60.2 Å². The Morgan fingerprint density at radius 3 is 2.38 bits per heavy atom. The lowest BCUT2D eigenvalue weighted by Crippen LogP contribution is -2.40. The van der Waals surface area contributed by atoms with Crippen molar-refractivity contribution in [2.75, 3.05) is 4.90 Å². The molecule has 1 N–H and O–H groups in total. The van der Waals surface area contributed by atoms with Crippen molar-refractivity contribution in [3.8, 4) is 5.69 Å². The first-order chi connectivity index (χ1) is 15.5. The molecule has 0 radical (unpaired) electrons. The number of carbonyl (C=O) groups excluding carboxylic acids is 1. The predicted octanol–water partition coefficient (Wildman–Crippen LogP) is 5.15. The minimum Gasteiger partial charge on any atom is -0.375 e. The molecule has 0 saturated carbocycles. The van der Waals surface area contributed by atoms with Crippen LogP contribution in [0.25, 0.3) is 5.69 Å². The van der Waals surface area contributed by atoms with Gasteiger partial charge in [-0.05, 0) is 61.2 Å². The molecule has 0 spiro atoms. The number of aryl methyl sites for hydroxylation is 2. The summed E-state index contributed by atoms with van der Waals surface area (Å²) in [6, 6.07) is 28.0. The van der Waals surface area contributed by atoms with Gasteiger partial charge in [0.2, 0.25) is 0 Å². The Balaban J connectivity index is 1.40. The summed E-state index contributed by atoms with van der Waals surface area (Å²) < 4.78 is 2.05. The normalized spacial score (nSPS) is 17.6. The van der Waals surface area contributed by atoms with Gasteiger partial charge in [-0.2, -0.15) is 0 Å². The molecule has 4 nitrogen and oxygen atoms in total. The Kier molecular flexibility index (Phi) is 5.16. The van der Waals surface area contributed by atoms with Crippen LogP contribution in [0.1, 0.15) is 28.7 Å². The summed E-state index contributed by atoms with van der Waals surface area (Å²) in [5.74, 6) is -0.249. The van der Waals surface area contributed by atoms with Gasteiger partial charge >= 0.3 is 0 Å². The van der Waals surface area contributed by atoms with Crippen LogP contribution in [-0.2, 0) is 23.4 Å². The van der Waals surface area contributed by atoms with Crippen molar-refractivity contribution in [3.05, 3.63) is 120 Å². The van der Waals surface area contributed by atoms with Gasteiger partial charge in [0, 0.05) is 23.6 Å². The number of aromatic nitrogens is 1. The maximum atomic E-state index is 13.5. The van der Waals surface area contributed by atoms with Crippen molar-refractivity contribution in [3.63, 3.8) is 0 Å². The highest BCUT2D eigenvalue weighted by Crippen LogP contribution is 2.43. The number of aliphatic hydroxyl groups is 1. The summed E-state index contributed by atoms with van der Waals surface area (Å²) in [6.45, 7) is 2.49. The molecule has 5 rings (SSSR count). The van der Waals surface area contributed by atoms with E-state index in [0.717, 1.165) is 22.5 Å². The number of fused-ring (bicyclic) bond motifs is 1. The van der Waals surface area contributed by atoms with Crippen molar-refractivity contribution in [2.45, 2.75) is 31.9 Å². The van der Waals surface area contributed by atoms with Gasteiger partial charge in [0.1, 0.15) is 0 Å². The molecule has 2 heterocycles. The number of hydrogen-bond acceptors (Lipinski definition) is 2. The number of benzene rings is 3. The molecule has 1 aromatic heterocycles. The van der Waals surface area contributed by atoms with Crippen LogP contribution < -0.4 is 4.90 Å². The van der Waals surface area contributed by atoms with Crippen molar-refractivity contribution in [2.24, 2.45) is 0 Å². The standard InChI is InChI=1S/C28H26N2O2/c1-21-11-13-23(14-12-21)20-30-26-10-3-2-9-25(26)28(32,27(30)31)16-15-22-7-6-8-24(19-22)29-17-4-5-18-29/h2-14,17-19,32H,15-16,20H2,1H3. The molecular weight excluding hydrogens is 396 g/mol. The Labute approximate surface area is 188 Å². The lowest BCUT2D eigenvalue weighted by Gasteiger charge is -2.23. The number of rotatable bonds is 6. The van der Waals surface area contributed by atoms with E-state index in [-0.39, 0.29) is 5.91 Å². The first-order valence-electron chi connectivity index (χ1n) is 11.0. The van der Waals surface area contributed by atoms with Crippen LogP contribution in [0.5, 0.6) is 0 Å². The monoisotopic (exact) mass is 422 g/mol. The summed E-state index contributed by atoms with van der Waals surface area (Å²) in [5.41, 5.74) is 4.35. The molecule has 1 amide bonds. The molecule has 1 atom stereocenters. The van der Waals surface area contributed by atoms with Crippen molar-refractivity contribution in [1.29, 1.82) is 0 Å². The van der Waals surface area contributed by atoms with E-state index in [1.165, 1.54) is 5.56 Å². The Morgan fingerprint density at radius 2 is 1.59 bits per heavy atom. The minimum absolute atomic E-state index is 0.249. The maximum Gasteiger partial charge on any atom is 0.264 e. The SMILES string of the molecule is Cc1ccc(CN2C(=O)C(O)(CCc3cccc(-n4cccc4)c3)c3ccccc32)cc1. The molecule has 1 unspecified atom stereocenters. The van der Waals surface area contributed by atoms with E-state index >= 15 is 0 Å². The molecule has 160 valence electrons. The molecule has 0 bridgehead atoms. The summed E-state index contributed by atoms with van der Waals surface area (Å²) in [5, 5.41) is 11.6. The third-order valence-corrected chi connectivity index (χ3v) is 6.29. The van der Waals surface area contributed by atoms with E-state index in [0.29, 0.717) is 24.9 Å². The van der Waals surface area contributed by atoms with E-state index in [4.69, 9.17) is 0 Å². The summed E-state index contributed by atoms with van der Waals surface area (Å²) in [4.78, 5) is 15.2. The van der Waals surface area contributed by atoms with Crippen LogP contribution in [-0.4, -0.2) is 15.6 Å². The van der Waals surface area contributed by atoms with Gasteiger partial charge < -0.3 is 14.6 Å². The van der Waals surface area contributed by atoms with Crippen molar-refractivity contribution in [1.82, 2.24) is 4.57 Å². The largest absolute Gasteiger partial charge is 0.375 e. The van der Waals surface area contributed by atoms with Gasteiger partial charge in [0.25, 0.3) is 5.91 Å². The van der Waals surface area contributed by atoms with Gasteiger partial charge in [-0.3, -0.25) is 4.79 Å². The van der Waals surface area contributed by atoms with Gasteiger partial charge in [0.15, 0.2) is 5.60 Å². The molecule has 1 aliphatic heterocycles. The topological polar surface area (TPSA) is 45.5 Å². The zero-order chi connectivity index (χ0) is 22.1. The second kappa shape index (κ2) is 8.13. The number of amides is 1. The molecule has 4 heteroatoms. The first kappa shape index (κ1) is 20.3. The molecule has 0 aliphatic carbocycles. The second-order valence-corrected chi connectivity index (χ2v) is 8.51. The summed E-state index contributed by atoms with van der Waals surface area (Å²) in [6.07, 6.45) is 4.95. The van der Waals surface area contributed by atoms with Crippen molar-refractivity contribution >= 4 is 11.6 Å². The molecule has 0 fully saturated rings. The fourth-order valence-electron chi connectivity index (χ4n) is 4.49. The van der Waals surface area contributed by atoms with Crippen molar-refractivity contribution < 1.29 is 9.90 Å². The minimum atomic E-state index is -1.52. The second-order valence-electron chi connectivity index (χ2n) is 8.51. The lowest BCUT2D eigenvalue weighted by molar-refractivity contribution is -0.136. The fourth-order valence-corrected chi connectivity index (χ4v) is 4.49.